The molecule has 286 valence electrons. The Morgan fingerprint density at radius 1 is 0.982 bits per heavy atom. The first kappa shape index (κ1) is 36.7. The standard InChI is InChI=1S/C44H44N6O6/c1-28-32(12-9-13-41(28)55-4)27-48(34-16-15-31-25-45-49(39(31)23-34)42-14-7-8-21-56-42)44(52)37-24-40(46(3)29(37)2)38-22-35(50(53)54)17-18-36(38)43(51)47-20-19-30-10-5-6-11-33(30)26-47/h5-6,9-13,15-18,22-25,42H,7-8,14,19-21,26-27H2,1-4H3. The molecule has 0 N–H and O–H groups in total. The summed E-state index contributed by atoms with van der Waals surface area (Å²) in [5.41, 5.74) is 7.81. The molecule has 0 bridgehead atoms. The number of carbonyl (C=O) groups excluding carboxylic acids is 2. The van der Waals surface area contributed by atoms with Gasteiger partial charge in [0.15, 0.2) is 6.23 Å². The van der Waals surface area contributed by atoms with Gasteiger partial charge in [-0.05, 0) is 98.2 Å². The second-order valence-electron chi connectivity index (χ2n) is 14.6. The number of nitro groups is 1. The van der Waals surface area contributed by atoms with E-state index in [4.69, 9.17) is 9.47 Å². The van der Waals surface area contributed by atoms with Crippen LogP contribution in [0.2, 0.25) is 0 Å². The van der Waals surface area contributed by atoms with Crippen LogP contribution in [-0.2, 0) is 31.3 Å². The van der Waals surface area contributed by atoms with Crippen LogP contribution >= 0.6 is 0 Å². The number of nitro benzene ring substituents is 1. The Balaban J connectivity index is 1.21. The molecule has 0 spiro atoms. The van der Waals surface area contributed by atoms with Crippen LogP contribution < -0.4 is 9.64 Å². The molecule has 6 aromatic rings. The lowest BCUT2D eigenvalue weighted by Crippen LogP contribution is -2.36. The third-order valence-corrected chi connectivity index (χ3v) is 11.4. The van der Waals surface area contributed by atoms with E-state index in [1.165, 1.54) is 23.8 Å². The summed E-state index contributed by atoms with van der Waals surface area (Å²) in [6.07, 6.45) is 5.27. The fraction of sp³-hybridized carbons (Fsp3) is 0.295. The number of benzene rings is 4. The van der Waals surface area contributed by atoms with Gasteiger partial charge >= 0.3 is 0 Å². The molecule has 56 heavy (non-hydrogen) atoms. The van der Waals surface area contributed by atoms with Crippen LogP contribution in [0.3, 0.4) is 0 Å². The monoisotopic (exact) mass is 752 g/mol. The molecule has 0 aliphatic carbocycles. The number of anilines is 1. The molecule has 4 aromatic carbocycles. The van der Waals surface area contributed by atoms with Crippen molar-refractivity contribution < 1.29 is 24.0 Å². The van der Waals surface area contributed by atoms with Gasteiger partial charge in [0.05, 0.1) is 35.9 Å². The van der Waals surface area contributed by atoms with Gasteiger partial charge in [0.2, 0.25) is 0 Å². The van der Waals surface area contributed by atoms with Gasteiger partial charge in [-0.15, -0.1) is 0 Å². The van der Waals surface area contributed by atoms with E-state index in [-0.39, 0.29) is 30.3 Å². The summed E-state index contributed by atoms with van der Waals surface area (Å²) in [4.78, 5) is 44.5. The predicted molar refractivity (Wildman–Crippen MR) is 214 cm³/mol. The third kappa shape index (κ3) is 6.70. The van der Waals surface area contributed by atoms with Crippen molar-refractivity contribution in [2.75, 3.05) is 25.2 Å². The normalized spacial score (nSPS) is 15.4. The lowest BCUT2D eigenvalue weighted by Gasteiger charge is -2.29. The molecule has 1 atom stereocenters. The van der Waals surface area contributed by atoms with Gasteiger partial charge < -0.3 is 23.8 Å². The van der Waals surface area contributed by atoms with E-state index in [2.05, 4.69) is 11.2 Å². The Labute approximate surface area is 325 Å². The lowest BCUT2D eigenvalue weighted by molar-refractivity contribution is -0.384. The summed E-state index contributed by atoms with van der Waals surface area (Å²) in [7, 11) is 3.44. The van der Waals surface area contributed by atoms with E-state index in [1.54, 1.807) is 23.0 Å². The average Bonchev–Trinajstić information content (AvgIpc) is 3.79. The molecule has 12 nitrogen and oxygen atoms in total. The number of nitrogens with zero attached hydrogens (tertiary/aromatic N) is 6. The molecule has 1 fully saturated rings. The highest BCUT2D eigenvalue weighted by Gasteiger charge is 2.30. The van der Waals surface area contributed by atoms with Crippen molar-refractivity contribution in [3.05, 3.63) is 140 Å². The quantitative estimate of drug-likeness (QED) is 0.107. The Kier molecular flexibility index (Phi) is 9.90. The van der Waals surface area contributed by atoms with Gasteiger partial charge in [-0.1, -0.05) is 36.4 Å². The Hall–Kier alpha value is -6.27. The van der Waals surface area contributed by atoms with Crippen LogP contribution in [0.5, 0.6) is 5.75 Å². The summed E-state index contributed by atoms with van der Waals surface area (Å²) in [5.74, 6) is 0.228. The third-order valence-electron chi connectivity index (χ3n) is 11.4. The zero-order valence-electron chi connectivity index (χ0n) is 32.0. The highest BCUT2D eigenvalue weighted by Crippen LogP contribution is 2.36. The van der Waals surface area contributed by atoms with E-state index >= 15 is 4.79 Å². The van der Waals surface area contributed by atoms with Crippen molar-refractivity contribution in [2.45, 2.75) is 58.8 Å². The van der Waals surface area contributed by atoms with Gasteiger partial charge in [-0.2, -0.15) is 5.10 Å². The van der Waals surface area contributed by atoms with Gasteiger partial charge in [0, 0.05) is 72.5 Å². The van der Waals surface area contributed by atoms with Gasteiger partial charge in [-0.25, -0.2) is 4.68 Å². The van der Waals surface area contributed by atoms with Crippen LogP contribution in [0.25, 0.3) is 22.2 Å². The minimum absolute atomic E-state index is 0.144. The molecular weight excluding hydrogens is 709 g/mol. The van der Waals surface area contributed by atoms with Gasteiger partial charge in [-0.3, -0.25) is 19.7 Å². The van der Waals surface area contributed by atoms with Crippen molar-refractivity contribution in [3.8, 4) is 17.0 Å². The highest BCUT2D eigenvalue weighted by molar-refractivity contribution is 6.09. The molecule has 2 aliphatic heterocycles. The van der Waals surface area contributed by atoms with Crippen molar-refractivity contribution in [3.63, 3.8) is 0 Å². The van der Waals surface area contributed by atoms with Crippen molar-refractivity contribution in [1.82, 2.24) is 19.2 Å². The zero-order chi connectivity index (χ0) is 39.1. The number of aromatic nitrogens is 3. The summed E-state index contributed by atoms with van der Waals surface area (Å²) in [6, 6.07) is 25.8. The predicted octanol–water partition coefficient (Wildman–Crippen LogP) is 8.32. The number of fused-ring (bicyclic) bond motifs is 2. The molecule has 2 aliphatic rings. The van der Waals surface area contributed by atoms with Crippen LogP contribution in [0.15, 0.2) is 91.1 Å². The smallest absolute Gasteiger partial charge is 0.270 e. The number of non-ortho nitro benzene ring substituents is 1. The maximum Gasteiger partial charge on any atom is 0.270 e. The first-order chi connectivity index (χ1) is 27.1. The molecule has 4 heterocycles. The Bertz CT molecular complexity index is 2500. The molecular formula is C44H44N6O6. The fourth-order valence-corrected chi connectivity index (χ4v) is 8.05. The number of amides is 2. The number of ether oxygens (including phenoxy) is 2. The fourth-order valence-electron chi connectivity index (χ4n) is 8.05. The van der Waals surface area contributed by atoms with E-state index in [0.29, 0.717) is 53.5 Å². The minimum Gasteiger partial charge on any atom is -0.496 e. The van der Waals surface area contributed by atoms with E-state index in [0.717, 1.165) is 59.0 Å². The summed E-state index contributed by atoms with van der Waals surface area (Å²) in [5, 5.41) is 17.7. The molecule has 2 aromatic heterocycles. The molecule has 0 saturated carbocycles. The largest absolute Gasteiger partial charge is 0.496 e. The molecule has 12 heteroatoms. The number of rotatable bonds is 9. The van der Waals surface area contributed by atoms with Crippen LogP contribution in [0.1, 0.15) is 74.2 Å². The zero-order valence-corrected chi connectivity index (χ0v) is 32.0. The SMILES string of the molecule is COc1cccc(CN(C(=O)c2cc(-c3cc([N+](=O)[O-])ccc3C(=O)N3CCc4ccccc4C3)n(C)c2C)c2ccc3cnn(C4CCCCO4)c3c2)c1C. The average molecular weight is 753 g/mol. The van der Waals surface area contributed by atoms with E-state index in [9.17, 15) is 14.9 Å². The van der Waals surface area contributed by atoms with E-state index in [1.807, 2.05) is 90.9 Å². The first-order valence-corrected chi connectivity index (χ1v) is 19.0. The lowest BCUT2D eigenvalue weighted by atomic mass is 9.97. The molecule has 1 unspecified atom stereocenters. The van der Waals surface area contributed by atoms with Crippen molar-refractivity contribution in [1.29, 1.82) is 0 Å². The minimum atomic E-state index is -0.464. The maximum absolute atomic E-state index is 15.1. The van der Waals surface area contributed by atoms with E-state index < -0.39 is 4.92 Å². The van der Waals surface area contributed by atoms with Crippen molar-refractivity contribution in [2.24, 2.45) is 7.05 Å². The first-order valence-electron chi connectivity index (χ1n) is 19.0. The highest BCUT2D eigenvalue weighted by atomic mass is 16.6. The Morgan fingerprint density at radius 2 is 1.80 bits per heavy atom. The summed E-state index contributed by atoms with van der Waals surface area (Å²) < 4.78 is 15.5. The Morgan fingerprint density at radius 3 is 2.57 bits per heavy atom. The molecule has 1 saturated heterocycles. The maximum atomic E-state index is 15.1. The summed E-state index contributed by atoms with van der Waals surface area (Å²) in [6.45, 7) is 5.70. The topological polar surface area (TPSA) is 125 Å². The second-order valence-corrected chi connectivity index (χ2v) is 14.6. The number of hydrogen-bond acceptors (Lipinski definition) is 7. The molecule has 8 rings (SSSR count). The van der Waals surface area contributed by atoms with Crippen LogP contribution in [0, 0.1) is 24.0 Å². The second kappa shape index (κ2) is 15.1. The van der Waals surface area contributed by atoms with Crippen molar-refractivity contribution >= 4 is 34.1 Å². The van der Waals surface area contributed by atoms with Crippen LogP contribution in [0.4, 0.5) is 11.4 Å². The number of methoxy groups -OCH3 is 1. The number of carbonyl (C=O) groups is 2. The van der Waals surface area contributed by atoms with Crippen LogP contribution in [-0.4, -0.2) is 56.2 Å². The van der Waals surface area contributed by atoms with Gasteiger partial charge in [0.1, 0.15) is 5.75 Å². The number of hydrogen-bond donors (Lipinski definition) is 0. The summed E-state index contributed by atoms with van der Waals surface area (Å²) >= 11 is 0. The molecule has 0 radical (unpaired) electrons. The molecule has 2 amide bonds. The van der Waals surface area contributed by atoms with Gasteiger partial charge in [0.25, 0.3) is 17.5 Å².